The number of rotatable bonds is 1. The Balaban J connectivity index is 2.60. The zero-order chi connectivity index (χ0) is 6.85. The summed E-state index contributed by atoms with van der Waals surface area (Å²) in [6, 6.07) is 0. The topological polar surface area (TPSA) is 26.3 Å². The van der Waals surface area contributed by atoms with Crippen LogP contribution in [0.5, 0.6) is 0 Å². The predicted octanol–water partition coefficient (Wildman–Crippen LogP) is 1.13. The van der Waals surface area contributed by atoms with E-state index in [1.54, 1.807) is 0 Å². The van der Waals surface area contributed by atoms with Crippen LogP contribution in [0.25, 0.3) is 0 Å². The fourth-order valence-corrected chi connectivity index (χ4v) is 0.943. The van der Waals surface area contributed by atoms with Gasteiger partial charge in [-0.1, -0.05) is 12.2 Å². The van der Waals surface area contributed by atoms with Crippen molar-refractivity contribution in [3.63, 3.8) is 0 Å². The van der Waals surface area contributed by atoms with Crippen LogP contribution < -0.4 is 0 Å². The summed E-state index contributed by atoms with van der Waals surface area (Å²) in [5.41, 5.74) is 0.914. The lowest BCUT2D eigenvalue weighted by Crippen LogP contribution is -2.07. The van der Waals surface area contributed by atoms with Crippen molar-refractivity contribution in [2.24, 2.45) is 5.92 Å². The quantitative estimate of drug-likeness (QED) is 0.389. The lowest BCUT2D eigenvalue weighted by atomic mass is 10.0. The lowest BCUT2D eigenvalue weighted by molar-refractivity contribution is -0.140. The molecular weight excluding hydrogens is 116 g/mol. The molecule has 0 saturated carbocycles. The van der Waals surface area contributed by atoms with Gasteiger partial charge in [0.2, 0.25) is 0 Å². The van der Waals surface area contributed by atoms with Crippen LogP contribution in [0, 0.1) is 5.92 Å². The number of hydrogen-bond acceptors (Lipinski definition) is 2. The van der Waals surface area contributed by atoms with Gasteiger partial charge in [-0.05, 0) is 13.3 Å². The molecule has 0 aromatic rings. The van der Waals surface area contributed by atoms with E-state index in [1.807, 2.05) is 6.92 Å². The van der Waals surface area contributed by atoms with Crippen LogP contribution in [-0.4, -0.2) is 12.6 Å². The highest BCUT2D eigenvalue weighted by Gasteiger charge is 2.26. The van der Waals surface area contributed by atoms with Crippen molar-refractivity contribution in [1.29, 1.82) is 0 Å². The largest absolute Gasteiger partial charge is 0.465 e. The third kappa shape index (κ3) is 1.12. The highest BCUT2D eigenvalue weighted by Crippen LogP contribution is 2.20. The molecule has 1 fully saturated rings. The van der Waals surface area contributed by atoms with Crippen molar-refractivity contribution in [3.8, 4) is 0 Å². The highest BCUT2D eigenvalue weighted by molar-refractivity contribution is 5.77. The normalized spacial score (nSPS) is 25.9. The van der Waals surface area contributed by atoms with E-state index in [1.165, 1.54) is 0 Å². The van der Waals surface area contributed by atoms with Crippen molar-refractivity contribution >= 4 is 5.97 Å². The SMILES string of the molecule is C=C(C)C1CCOC1=O. The van der Waals surface area contributed by atoms with Gasteiger partial charge in [-0.25, -0.2) is 0 Å². The molecular formula is C7H10O2. The molecule has 1 unspecified atom stereocenters. The molecule has 1 aliphatic rings. The van der Waals surface area contributed by atoms with Crippen molar-refractivity contribution in [2.75, 3.05) is 6.61 Å². The van der Waals surface area contributed by atoms with Crippen LogP contribution in [0.1, 0.15) is 13.3 Å². The third-order valence-electron chi connectivity index (χ3n) is 1.53. The van der Waals surface area contributed by atoms with Crippen LogP contribution in [0.3, 0.4) is 0 Å². The number of carbonyl (C=O) groups is 1. The number of cyclic esters (lactones) is 1. The number of ether oxygens (including phenoxy) is 1. The van der Waals surface area contributed by atoms with Gasteiger partial charge in [0.15, 0.2) is 0 Å². The van der Waals surface area contributed by atoms with Crippen LogP contribution in [0.15, 0.2) is 12.2 Å². The summed E-state index contributed by atoms with van der Waals surface area (Å²) in [5.74, 6) is -0.132. The van der Waals surface area contributed by atoms with Crippen LogP contribution in [0.2, 0.25) is 0 Å². The van der Waals surface area contributed by atoms with Gasteiger partial charge in [-0.2, -0.15) is 0 Å². The Labute approximate surface area is 54.5 Å². The van der Waals surface area contributed by atoms with Crippen molar-refractivity contribution in [3.05, 3.63) is 12.2 Å². The van der Waals surface area contributed by atoms with Crippen LogP contribution in [0.4, 0.5) is 0 Å². The minimum Gasteiger partial charge on any atom is -0.465 e. The second-order valence-electron chi connectivity index (χ2n) is 2.36. The molecule has 0 spiro atoms. The lowest BCUT2D eigenvalue weighted by Gasteiger charge is -2.00. The Kier molecular flexibility index (Phi) is 1.56. The molecule has 50 valence electrons. The van der Waals surface area contributed by atoms with Gasteiger partial charge in [-0.15, -0.1) is 0 Å². The van der Waals surface area contributed by atoms with Gasteiger partial charge >= 0.3 is 5.97 Å². The van der Waals surface area contributed by atoms with Gasteiger partial charge in [0.05, 0.1) is 12.5 Å². The first-order valence-corrected chi connectivity index (χ1v) is 3.04. The van der Waals surface area contributed by atoms with Crippen molar-refractivity contribution in [2.45, 2.75) is 13.3 Å². The standard InChI is InChI=1S/C7H10O2/c1-5(2)6-3-4-9-7(6)8/h6H,1,3-4H2,2H3. The summed E-state index contributed by atoms with van der Waals surface area (Å²) in [6.07, 6.45) is 0.814. The summed E-state index contributed by atoms with van der Waals surface area (Å²) in [5, 5.41) is 0. The van der Waals surface area contributed by atoms with Crippen LogP contribution in [-0.2, 0) is 9.53 Å². The number of hydrogen-bond donors (Lipinski definition) is 0. The van der Waals surface area contributed by atoms with Gasteiger partial charge in [0.25, 0.3) is 0 Å². The van der Waals surface area contributed by atoms with Gasteiger partial charge < -0.3 is 4.74 Å². The molecule has 1 saturated heterocycles. The van der Waals surface area contributed by atoms with Crippen LogP contribution >= 0.6 is 0 Å². The first-order valence-electron chi connectivity index (χ1n) is 3.04. The number of esters is 1. The van der Waals surface area contributed by atoms with Gasteiger partial charge in [0.1, 0.15) is 0 Å². The Morgan fingerprint density at radius 2 is 2.56 bits per heavy atom. The zero-order valence-electron chi connectivity index (χ0n) is 5.52. The second-order valence-corrected chi connectivity index (χ2v) is 2.36. The average molecular weight is 126 g/mol. The Morgan fingerprint density at radius 1 is 1.89 bits per heavy atom. The molecule has 0 N–H and O–H groups in total. The molecule has 2 heteroatoms. The fraction of sp³-hybridized carbons (Fsp3) is 0.571. The first-order chi connectivity index (χ1) is 4.22. The Bertz CT molecular complexity index is 149. The summed E-state index contributed by atoms with van der Waals surface area (Å²) in [4.78, 5) is 10.7. The van der Waals surface area contributed by atoms with Gasteiger partial charge in [-0.3, -0.25) is 4.79 Å². The maximum Gasteiger partial charge on any atom is 0.313 e. The Hall–Kier alpha value is -0.790. The van der Waals surface area contributed by atoms with E-state index in [-0.39, 0.29) is 11.9 Å². The van der Waals surface area contributed by atoms with E-state index in [0.717, 1.165) is 12.0 Å². The summed E-state index contributed by atoms with van der Waals surface area (Å²) < 4.78 is 4.73. The summed E-state index contributed by atoms with van der Waals surface area (Å²) >= 11 is 0. The molecule has 0 aromatic carbocycles. The molecule has 1 heterocycles. The number of carbonyl (C=O) groups excluding carboxylic acids is 1. The van der Waals surface area contributed by atoms with E-state index < -0.39 is 0 Å². The molecule has 1 rings (SSSR count). The maximum atomic E-state index is 10.7. The minimum absolute atomic E-state index is 0.0231. The third-order valence-corrected chi connectivity index (χ3v) is 1.53. The van der Waals surface area contributed by atoms with E-state index in [0.29, 0.717) is 6.61 Å². The van der Waals surface area contributed by atoms with E-state index in [2.05, 4.69) is 6.58 Å². The molecule has 0 radical (unpaired) electrons. The molecule has 2 nitrogen and oxygen atoms in total. The molecule has 1 aliphatic heterocycles. The maximum absolute atomic E-state index is 10.7. The highest BCUT2D eigenvalue weighted by atomic mass is 16.5. The molecule has 0 amide bonds. The van der Waals surface area contributed by atoms with E-state index in [9.17, 15) is 4.79 Å². The second kappa shape index (κ2) is 2.21. The predicted molar refractivity (Wildman–Crippen MR) is 33.9 cm³/mol. The first kappa shape index (κ1) is 6.33. The van der Waals surface area contributed by atoms with Crippen molar-refractivity contribution in [1.82, 2.24) is 0 Å². The van der Waals surface area contributed by atoms with Gasteiger partial charge in [0, 0.05) is 0 Å². The fourth-order valence-electron chi connectivity index (χ4n) is 0.943. The zero-order valence-corrected chi connectivity index (χ0v) is 5.52. The molecule has 0 aliphatic carbocycles. The smallest absolute Gasteiger partial charge is 0.313 e. The summed E-state index contributed by atoms with van der Waals surface area (Å²) in [7, 11) is 0. The molecule has 0 aromatic heterocycles. The molecule has 1 atom stereocenters. The van der Waals surface area contributed by atoms with E-state index in [4.69, 9.17) is 4.74 Å². The van der Waals surface area contributed by atoms with E-state index >= 15 is 0 Å². The molecule has 9 heavy (non-hydrogen) atoms. The monoisotopic (exact) mass is 126 g/mol. The molecule has 0 bridgehead atoms. The Morgan fingerprint density at radius 3 is 2.78 bits per heavy atom. The minimum atomic E-state index is -0.109. The van der Waals surface area contributed by atoms with Crippen molar-refractivity contribution < 1.29 is 9.53 Å². The summed E-state index contributed by atoms with van der Waals surface area (Å²) in [6.45, 7) is 6.11. The average Bonchev–Trinajstić information content (AvgIpc) is 2.13.